The maximum absolute atomic E-state index is 9.81. The van der Waals surface area contributed by atoms with Crippen LogP contribution < -0.4 is 0 Å². The summed E-state index contributed by atoms with van der Waals surface area (Å²) in [6, 6.07) is 0. The summed E-state index contributed by atoms with van der Waals surface area (Å²) in [5.41, 5.74) is 0. The zero-order valence-corrected chi connectivity index (χ0v) is 11.0. The fraction of sp³-hybridized carbons (Fsp3) is 1.00. The molecule has 0 radical (unpaired) electrons. The smallest absolute Gasteiger partial charge is 0.187 e. The minimum absolute atomic E-state index is 0.549. The van der Waals surface area contributed by atoms with E-state index in [2.05, 4.69) is 0 Å². The quantitative estimate of drug-likeness (QED) is 0.267. The van der Waals surface area contributed by atoms with E-state index in [9.17, 15) is 25.5 Å². The molecule has 0 aromatic rings. The van der Waals surface area contributed by atoms with Crippen molar-refractivity contribution in [2.24, 2.45) is 0 Å². The standard InChI is InChI=1S/C11H20O10/c12-1-3-5(14)7(16)8(17)11(20-3)21-9-6(15)4(2-13)19-10(9)18/h3-18H,1-2H2/t3-,4-,5-,6-,7+,8+,9+,10+,11-/m1/s1. The molecule has 0 aliphatic carbocycles. The van der Waals surface area contributed by atoms with Crippen LogP contribution in [-0.2, 0) is 14.2 Å². The van der Waals surface area contributed by atoms with Crippen LogP contribution in [0.5, 0.6) is 0 Å². The lowest BCUT2D eigenvalue weighted by molar-refractivity contribution is -0.324. The minimum atomic E-state index is -1.66. The van der Waals surface area contributed by atoms with Crippen molar-refractivity contribution in [3.05, 3.63) is 0 Å². The first-order chi connectivity index (χ1) is 9.90. The Balaban J connectivity index is 2.04. The predicted octanol–water partition coefficient (Wildman–Crippen LogP) is -4.76. The molecule has 10 heteroatoms. The summed E-state index contributed by atoms with van der Waals surface area (Å²) in [5, 5.41) is 66.4. The molecule has 0 aromatic carbocycles. The number of ether oxygens (including phenoxy) is 3. The molecule has 2 fully saturated rings. The Morgan fingerprint density at radius 1 is 0.714 bits per heavy atom. The molecule has 2 rings (SSSR count). The molecule has 0 unspecified atom stereocenters. The SMILES string of the molecule is OC[C@H]1O[C@H](O[C@H]2[C@H](O)[C@@H](CO)O[C@@H]2O)[C@@H](O)[C@@H](O)[C@@H]1O. The van der Waals surface area contributed by atoms with E-state index in [1.807, 2.05) is 0 Å². The summed E-state index contributed by atoms with van der Waals surface area (Å²) in [5.74, 6) is 0. The van der Waals surface area contributed by atoms with Gasteiger partial charge in [-0.1, -0.05) is 0 Å². The molecule has 2 aliphatic rings. The van der Waals surface area contributed by atoms with Crippen LogP contribution in [0.4, 0.5) is 0 Å². The van der Waals surface area contributed by atoms with Crippen LogP contribution in [-0.4, -0.2) is 104 Å². The Kier molecular flexibility index (Phi) is 5.48. The van der Waals surface area contributed by atoms with Gasteiger partial charge in [0.1, 0.15) is 42.7 Å². The molecule has 2 heterocycles. The number of hydrogen-bond acceptors (Lipinski definition) is 10. The summed E-state index contributed by atoms with van der Waals surface area (Å²) in [6.45, 7) is -1.18. The lowest BCUT2D eigenvalue weighted by Crippen LogP contribution is -2.60. The summed E-state index contributed by atoms with van der Waals surface area (Å²) >= 11 is 0. The van der Waals surface area contributed by atoms with E-state index in [1.54, 1.807) is 0 Å². The number of aliphatic hydroxyl groups is 7. The van der Waals surface area contributed by atoms with Crippen molar-refractivity contribution in [2.75, 3.05) is 13.2 Å². The van der Waals surface area contributed by atoms with E-state index in [4.69, 9.17) is 24.4 Å². The first-order valence-electron chi connectivity index (χ1n) is 6.49. The van der Waals surface area contributed by atoms with Gasteiger partial charge in [0.05, 0.1) is 13.2 Å². The molecule has 7 N–H and O–H groups in total. The molecule has 0 spiro atoms. The van der Waals surface area contributed by atoms with Crippen molar-refractivity contribution < 1.29 is 50.0 Å². The maximum atomic E-state index is 9.81. The number of hydrogen-bond donors (Lipinski definition) is 7. The highest BCUT2D eigenvalue weighted by Gasteiger charge is 2.49. The van der Waals surface area contributed by atoms with Crippen LogP contribution in [0.3, 0.4) is 0 Å². The average Bonchev–Trinajstić information content (AvgIpc) is 2.74. The van der Waals surface area contributed by atoms with Crippen LogP contribution in [0.2, 0.25) is 0 Å². The van der Waals surface area contributed by atoms with Gasteiger partial charge >= 0.3 is 0 Å². The highest BCUT2D eigenvalue weighted by molar-refractivity contribution is 4.92. The zero-order valence-electron chi connectivity index (χ0n) is 11.0. The zero-order chi connectivity index (χ0) is 15.7. The third-order valence-corrected chi connectivity index (χ3v) is 3.63. The second-order valence-electron chi connectivity index (χ2n) is 5.04. The molecule has 10 nitrogen and oxygen atoms in total. The molecular weight excluding hydrogens is 292 g/mol. The van der Waals surface area contributed by atoms with E-state index < -0.39 is 68.5 Å². The highest BCUT2D eigenvalue weighted by atomic mass is 16.7. The van der Waals surface area contributed by atoms with Crippen LogP contribution in [0.15, 0.2) is 0 Å². The third-order valence-electron chi connectivity index (χ3n) is 3.63. The molecule has 2 aliphatic heterocycles. The van der Waals surface area contributed by atoms with Crippen molar-refractivity contribution in [1.29, 1.82) is 0 Å². The lowest BCUT2D eigenvalue weighted by atomic mass is 9.99. The van der Waals surface area contributed by atoms with Crippen molar-refractivity contribution >= 4 is 0 Å². The first-order valence-corrected chi connectivity index (χ1v) is 6.49. The van der Waals surface area contributed by atoms with Crippen LogP contribution in [0.1, 0.15) is 0 Å². The topological polar surface area (TPSA) is 169 Å². The average molecular weight is 312 g/mol. The second kappa shape index (κ2) is 6.79. The molecule has 0 saturated carbocycles. The summed E-state index contributed by atoms with van der Waals surface area (Å²) in [4.78, 5) is 0. The lowest BCUT2D eigenvalue weighted by Gasteiger charge is -2.40. The van der Waals surface area contributed by atoms with Crippen LogP contribution in [0.25, 0.3) is 0 Å². The van der Waals surface area contributed by atoms with Gasteiger partial charge in [0.2, 0.25) is 0 Å². The Bertz CT molecular complexity index is 339. The highest BCUT2D eigenvalue weighted by Crippen LogP contribution is 2.28. The molecule has 124 valence electrons. The van der Waals surface area contributed by atoms with E-state index in [0.29, 0.717) is 0 Å². The van der Waals surface area contributed by atoms with E-state index in [-0.39, 0.29) is 0 Å². The third kappa shape index (κ3) is 3.19. The molecule has 2 saturated heterocycles. The van der Waals surface area contributed by atoms with Crippen molar-refractivity contribution in [3.63, 3.8) is 0 Å². The first kappa shape index (κ1) is 17.0. The molecule has 0 bridgehead atoms. The molecule has 0 amide bonds. The van der Waals surface area contributed by atoms with E-state index >= 15 is 0 Å². The van der Waals surface area contributed by atoms with Gasteiger partial charge < -0.3 is 50.0 Å². The normalized spacial score (nSPS) is 51.3. The summed E-state index contributed by atoms with van der Waals surface area (Å²) in [6.07, 6.45) is -12.8. The van der Waals surface area contributed by atoms with Crippen LogP contribution in [0, 0.1) is 0 Å². The van der Waals surface area contributed by atoms with Crippen molar-refractivity contribution in [2.45, 2.75) is 55.3 Å². The molecule has 9 atom stereocenters. The van der Waals surface area contributed by atoms with Gasteiger partial charge in [0.25, 0.3) is 0 Å². The molecular formula is C11H20O10. The largest absolute Gasteiger partial charge is 0.394 e. The van der Waals surface area contributed by atoms with Crippen LogP contribution >= 0.6 is 0 Å². The number of aliphatic hydroxyl groups excluding tert-OH is 7. The second-order valence-corrected chi connectivity index (χ2v) is 5.04. The van der Waals surface area contributed by atoms with E-state index in [1.165, 1.54) is 0 Å². The Morgan fingerprint density at radius 2 is 1.29 bits per heavy atom. The fourth-order valence-corrected chi connectivity index (χ4v) is 2.35. The van der Waals surface area contributed by atoms with Gasteiger partial charge in [0, 0.05) is 0 Å². The molecule has 0 aromatic heterocycles. The number of rotatable bonds is 4. The molecule has 21 heavy (non-hydrogen) atoms. The van der Waals surface area contributed by atoms with Gasteiger partial charge in [-0.25, -0.2) is 0 Å². The van der Waals surface area contributed by atoms with Gasteiger partial charge in [-0.15, -0.1) is 0 Å². The van der Waals surface area contributed by atoms with Gasteiger partial charge in [-0.2, -0.15) is 0 Å². The Labute approximate surface area is 119 Å². The summed E-state index contributed by atoms with van der Waals surface area (Å²) in [7, 11) is 0. The minimum Gasteiger partial charge on any atom is -0.394 e. The predicted molar refractivity (Wildman–Crippen MR) is 62.6 cm³/mol. The monoisotopic (exact) mass is 312 g/mol. The Morgan fingerprint density at radius 3 is 1.81 bits per heavy atom. The van der Waals surface area contributed by atoms with Gasteiger partial charge in [-0.05, 0) is 0 Å². The van der Waals surface area contributed by atoms with Gasteiger partial charge in [-0.3, -0.25) is 0 Å². The van der Waals surface area contributed by atoms with Gasteiger partial charge in [0.15, 0.2) is 12.6 Å². The van der Waals surface area contributed by atoms with Crippen molar-refractivity contribution in [3.8, 4) is 0 Å². The summed E-state index contributed by atoms with van der Waals surface area (Å²) < 4.78 is 15.1. The van der Waals surface area contributed by atoms with E-state index in [0.717, 1.165) is 0 Å². The maximum Gasteiger partial charge on any atom is 0.187 e. The fourth-order valence-electron chi connectivity index (χ4n) is 2.35. The van der Waals surface area contributed by atoms with Crippen molar-refractivity contribution in [1.82, 2.24) is 0 Å². The Hall–Kier alpha value is -0.400.